The fraction of sp³-hybridized carbons (Fsp3) is 0.222. The molecule has 0 saturated carbocycles. The van der Waals surface area contributed by atoms with Gasteiger partial charge >= 0.3 is 0 Å². The van der Waals surface area contributed by atoms with Crippen LogP contribution in [0.15, 0.2) is 28.0 Å². The summed E-state index contributed by atoms with van der Waals surface area (Å²) in [5, 5.41) is 7.46. The maximum Gasteiger partial charge on any atom is 0.244 e. The molecule has 4 N–H and O–H groups in total. The fourth-order valence-electron chi connectivity index (χ4n) is 1.44. The average molecular weight is 362 g/mol. The van der Waals surface area contributed by atoms with E-state index in [0.717, 1.165) is 0 Å². The number of aryl methyl sites for hydroxylation is 1. The molecule has 0 aliphatic carbocycles. The summed E-state index contributed by atoms with van der Waals surface area (Å²) >= 11 is 3.17. The smallest absolute Gasteiger partial charge is 0.244 e. The van der Waals surface area contributed by atoms with Crippen LogP contribution in [0, 0.1) is 0 Å². The van der Waals surface area contributed by atoms with Crippen molar-refractivity contribution in [2.75, 3.05) is 5.43 Å². The Bertz CT molecular complexity index is 715. The third kappa shape index (κ3) is 3.12. The summed E-state index contributed by atoms with van der Waals surface area (Å²) in [4.78, 5) is 3.83. The molecule has 2 aromatic rings. The molecule has 0 aliphatic heterocycles. The van der Waals surface area contributed by atoms with Gasteiger partial charge < -0.3 is 9.99 Å². The predicted octanol–water partition coefficient (Wildman–Crippen LogP) is -0.263. The lowest BCUT2D eigenvalue weighted by Crippen LogP contribution is -2.26. The van der Waals surface area contributed by atoms with Crippen molar-refractivity contribution in [1.29, 1.82) is 0 Å². The maximum atomic E-state index is 12.2. The van der Waals surface area contributed by atoms with Gasteiger partial charge in [0.05, 0.1) is 6.54 Å². The Balaban J connectivity index is 2.26. The highest BCUT2D eigenvalue weighted by Gasteiger charge is 2.20. The van der Waals surface area contributed by atoms with Gasteiger partial charge in [-0.05, 0) is 22.0 Å². The van der Waals surface area contributed by atoms with Crippen molar-refractivity contribution < 1.29 is 8.42 Å². The van der Waals surface area contributed by atoms with E-state index >= 15 is 0 Å². The van der Waals surface area contributed by atoms with Crippen LogP contribution >= 0.6 is 15.9 Å². The summed E-state index contributed by atoms with van der Waals surface area (Å²) in [5.74, 6) is 5.81. The van der Waals surface area contributed by atoms with Gasteiger partial charge in [0.2, 0.25) is 10.0 Å². The van der Waals surface area contributed by atoms with Crippen LogP contribution in [0.4, 0.5) is 5.82 Å². The number of nitrogens with two attached hydrogens (primary N) is 1. The minimum atomic E-state index is -3.78. The molecule has 0 aromatic carbocycles. The van der Waals surface area contributed by atoms with Crippen molar-refractivity contribution in [3.05, 3.63) is 28.9 Å². The molecule has 108 valence electrons. The lowest BCUT2D eigenvalue weighted by atomic mass is 10.5. The zero-order valence-corrected chi connectivity index (χ0v) is 12.8. The van der Waals surface area contributed by atoms with Gasteiger partial charge in [0.15, 0.2) is 5.82 Å². The molecule has 0 spiro atoms. The number of nitrogens with zero attached hydrogens (tertiary/aromatic N) is 4. The van der Waals surface area contributed by atoms with Crippen LogP contribution in [0.2, 0.25) is 0 Å². The molecule has 0 aliphatic rings. The first-order chi connectivity index (χ1) is 9.44. The molecule has 0 unspecified atom stereocenters. The molecule has 9 nitrogen and oxygen atoms in total. The molecule has 0 amide bonds. The monoisotopic (exact) mass is 361 g/mol. The standard InChI is InChI=1S/C9H12BrN7O2S/c1-17-5-13-16-8(17)4-14-20(18,19)7-2-6(10)3-12-9(7)15-11/h2-3,5,14H,4,11H2,1H3,(H,12,15). The number of hydrogen-bond donors (Lipinski definition) is 3. The van der Waals surface area contributed by atoms with Crippen molar-refractivity contribution in [2.24, 2.45) is 12.9 Å². The SMILES string of the molecule is Cn1cnnc1CNS(=O)(=O)c1cc(Br)cnc1NN. The summed E-state index contributed by atoms with van der Waals surface area (Å²) in [7, 11) is -2.07. The van der Waals surface area contributed by atoms with Crippen LogP contribution in [0.25, 0.3) is 0 Å². The van der Waals surface area contributed by atoms with E-state index in [-0.39, 0.29) is 17.3 Å². The number of anilines is 1. The van der Waals surface area contributed by atoms with Crippen LogP contribution in [0.1, 0.15) is 5.82 Å². The predicted molar refractivity (Wildman–Crippen MR) is 74.8 cm³/mol. The van der Waals surface area contributed by atoms with E-state index in [1.807, 2.05) is 0 Å². The highest BCUT2D eigenvalue weighted by Crippen LogP contribution is 2.22. The van der Waals surface area contributed by atoms with E-state index in [1.54, 1.807) is 11.6 Å². The molecule has 20 heavy (non-hydrogen) atoms. The number of pyridine rings is 1. The van der Waals surface area contributed by atoms with E-state index in [0.29, 0.717) is 10.3 Å². The van der Waals surface area contributed by atoms with Crippen LogP contribution in [-0.2, 0) is 23.6 Å². The number of nitrogen functional groups attached to an aromatic ring is 1. The fourth-order valence-corrected chi connectivity index (χ4v) is 3.04. The molecular formula is C9H12BrN7O2S. The third-order valence-electron chi connectivity index (χ3n) is 2.47. The molecular weight excluding hydrogens is 350 g/mol. The zero-order valence-electron chi connectivity index (χ0n) is 10.4. The van der Waals surface area contributed by atoms with Crippen molar-refractivity contribution in [3.8, 4) is 0 Å². The minimum absolute atomic E-state index is 0.00928. The lowest BCUT2D eigenvalue weighted by Gasteiger charge is -2.10. The van der Waals surface area contributed by atoms with Crippen molar-refractivity contribution >= 4 is 31.8 Å². The van der Waals surface area contributed by atoms with E-state index in [9.17, 15) is 8.42 Å². The van der Waals surface area contributed by atoms with Crippen LogP contribution in [0.3, 0.4) is 0 Å². The Morgan fingerprint density at radius 2 is 2.25 bits per heavy atom. The second-order valence-electron chi connectivity index (χ2n) is 3.83. The molecule has 0 fully saturated rings. The number of sulfonamides is 1. The van der Waals surface area contributed by atoms with Crippen molar-refractivity contribution in [3.63, 3.8) is 0 Å². The maximum absolute atomic E-state index is 12.2. The van der Waals surface area contributed by atoms with Gasteiger partial charge in [-0.1, -0.05) is 0 Å². The largest absolute Gasteiger partial charge is 0.320 e. The molecule has 2 rings (SSSR count). The van der Waals surface area contributed by atoms with Gasteiger partial charge in [0, 0.05) is 17.7 Å². The number of hydrazine groups is 1. The third-order valence-corrected chi connectivity index (χ3v) is 4.32. The Morgan fingerprint density at radius 3 is 2.85 bits per heavy atom. The topological polar surface area (TPSA) is 128 Å². The van der Waals surface area contributed by atoms with Gasteiger partial charge in [-0.3, -0.25) is 0 Å². The Kier molecular flexibility index (Phi) is 4.32. The number of rotatable bonds is 5. The quantitative estimate of drug-likeness (QED) is 0.494. The lowest BCUT2D eigenvalue weighted by molar-refractivity contribution is 0.577. The van der Waals surface area contributed by atoms with Crippen LogP contribution in [-0.4, -0.2) is 28.2 Å². The van der Waals surface area contributed by atoms with Gasteiger partial charge in [-0.15, -0.1) is 10.2 Å². The first-order valence-corrected chi connectivity index (χ1v) is 7.66. The Labute approximate surface area is 123 Å². The van der Waals surface area contributed by atoms with Gasteiger partial charge in [-0.2, -0.15) is 0 Å². The number of hydrogen-bond acceptors (Lipinski definition) is 7. The second kappa shape index (κ2) is 5.83. The summed E-state index contributed by atoms with van der Waals surface area (Å²) < 4.78 is 29.0. The normalized spacial score (nSPS) is 11.6. The van der Waals surface area contributed by atoms with Crippen LogP contribution in [0.5, 0.6) is 0 Å². The van der Waals surface area contributed by atoms with Gasteiger partial charge in [0.25, 0.3) is 0 Å². The van der Waals surface area contributed by atoms with Gasteiger partial charge in [-0.25, -0.2) is 24.0 Å². The Morgan fingerprint density at radius 1 is 1.50 bits per heavy atom. The van der Waals surface area contributed by atoms with Gasteiger partial charge in [0.1, 0.15) is 17.0 Å². The summed E-state index contributed by atoms with van der Waals surface area (Å²) in [5.41, 5.74) is 2.25. The molecule has 11 heteroatoms. The van der Waals surface area contributed by atoms with E-state index < -0.39 is 10.0 Å². The van der Waals surface area contributed by atoms with E-state index in [2.05, 4.69) is 41.3 Å². The van der Waals surface area contributed by atoms with E-state index in [4.69, 9.17) is 5.84 Å². The number of nitrogens with one attached hydrogen (secondary N) is 2. The highest BCUT2D eigenvalue weighted by atomic mass is 79.9. The minimum Gasteiger partial charge on any atom is -0.320 e. The molecule has 0 atom stereocenters. The first-order valence-electron chi connectivity index (χ1n) is 5.39. The summed E-state index contributed by atoms with van der Waals surface area (Å²) in [6.07, 6.45) is 2.92. The summed E-state index contributed by atoms with van der Waals surface area (Å²) in [6, 6.07) is 1.40. The molecule has 2 aromatic heterocycles. The molecule has 0 radical (unpaired) electrons. The first kappa shape index (κ1) is 14.8. The molecule has 0 bridgehead atoms. The van der Waals surface area contributed by atoms with Crippen molar-refractivity contribution in [1.82, 2.24) is 24.5 Å². The number of halogens is 1. The Hall–Kier alpha value is -1.56. The average Bonchev–Trinajstić information content (AvgIpc) is 2.82. The molecule has 0 saturated heterocycles. The highest BCUT2D eigenvalue weighted by molar-refractivity contribution is 9.10. The zero-order chi connectivity index (χ0) is 14.8. The van der Waals surface area contributed by atoms with Crippen LogP contribution < -0.4 is 16.0 Å². The molecule has 2 heterocycles. The summed E-state index contributed by atoms with van der Waals surface area (Å²) in [6.45, 7) is 0.00928. The van der Waals surface area contributed by atoms with E-state index in [1.165, 1.54) is 18.6 Å². The number of aromatic nitrogens is 4. The second-order valence-corrected chi connectivity index (χ2v) is 6.48. The van der Waals surface area contributed by atoms with Crippen molar-refractivity contribution in [2.45, 2.75) is 11.4 Å².